The number of nitrogens with one attached hydrogen (secondary N) is 1. The zero-order chi connectivity index (χ0) is 15.8. The highest BCUT2D eigenvalue weighted by Crippen LogP contribution is 2.26. The number of pyridine rings is 1. The number of hydrogen-bond acceptors (Lipinski definition) is 4. The van der Waals surface area contributed by atoms with Crippen LogP contribution in [0.25, 0.3) is 0 Å². The van der Waals surface area contributed by atoms with Crippen LogP contribution in [-0.2, 0) is 10.0 Å². The Hall–Kier alpha value is -1.79. The fourth-order valence-corrected chi connectivity index (χ4v) is 3.22. The molecular formula is C14H16ClN3O2S. The van der Waals surface area contributed by atoms with Crippen LogP contribution in [0.2, 0.25) is 5.15 Å². The van der Waals surface area contributed by atoms with Crippen molar-refractivity contribution < 1.29 is 8.42 Å². The van der Waals surface area contributed by atoms with E-state index in [9.17, 15) is 8.42 Å². The van der Waals surface area contributed by atoms with E-state index in [1.807, 2.05) is 13.8 Å². The maximum atomic E-state index is 12.4. The molecule has 1 aromatic heterocycles. The van der Waals surface area contributed by atoms with E-state index in [4.69, 9.17) is 17.3 Å². The Morgan fingerprint density at radius 2 is 1.86 bits per heavy atom. The number of aromatic nitrogens is 1. The predicted octanol–water partition coefficient (Wildman–Crippen LogP) is 3.04. The van der Waals surface area contributed by atoms with Crippen molar-refractivity contribution >= 4 is 33.0 Å². The van der Waals surface area contributed by atoms with Crippen LogP contribution in [0.1, 0.15) is 16.7 Å². The first-order valence-corrected chi connectivity index (χ1v) is 8.08. The summed E-state index contributed by atoms with van der Waals surface area (Å²) < 4.78 is 27.3. The monoisotopic (exact) mass is 325 g/mol. The van der Waals surface area contributed by atoms with Gasteiger partial charge in [-0.15, -0.1) is 0 Å². The van der Waals surface area contributed by atoms with Gasteiger partial charge in [-0.1, -0.05) is 11.6 Å². The number of nitrogen functional groups attached to an aromatic ring is 1. The Morgan fingerprint density at radius 3 is 2.48 bits per heavy atom. The predicted molar refractivity (Wildman–Crippen MR) is 85.1 cm³/mol. The van der Waals surface area contributed by atoms with Crippen LogP contribution in [0.3, 0.4) is 0 Å². The van der Waals surface area contributed by atoms with Crippen LogP contribution in [0.5, 0.6) is 0 Å². The van der Waals surface area contributed by atoms with Crippen molar-refractivity contribution in [3.63, 3.8) is 0 Å². The summed E-state index contributed by atoms with van der Waals surface area (Å²) in [7, 11) is -3.77. The third kappa shape index (κ3) is 3.28. The molecule has 0 bridgehead atoms. The molecule has 0 spiro atoms. The van der Waals surface area contributed by atoms with Crippen molar-refractivity contribution in [3.8, 4) is 0 Å². The van der Waals surface area contributed by atoms with Gasteiger partial charge in [-0.25, -0.2) is 13.4 Å². The minimum atomic E-state index is -3.77. The van der Waals surface area contributed by atoms with Crippen LogP contribution in [-0.4, -0.2) is 13.4 Å². The van der Waals surface area contributed by atoms with Crippen molar-refractivity contribution in [3.05, 3.63) is 46.2 Å². The fraction of sp³-hybridized carbons (Fsp3) is 0.214. The standard InChI is InChI=1S/C14H16ClN3O2S/c1-8-4-13(14(15)17-7-8)18-21(19,20)11-5-9(2)10(3)12(16)6-11/h4-7,18H,16H2,1-3H3. The van der Waals surface area contributed by atoms with Gasteiger partial charge in [0.05, 0.1) is 10.6 Å². The second-order valence-corrected chi connectivity index (χ2v) is 6.95. The molecule has 3 N–H and O–H groups in total. The summed E-state index contributed by atoms with van der Waals surface area (Å²) in [6.45, 7) is 5.46. The van der Waals surface area contributed by atoms with Gasteiger partial charge in [0.2, 0.25) is 0 Å². The van der Waals surface area contributed by atoms with Gasteiger partial charge in [-0.2, -0.15) is 0 Å². The maximum Gasteiger partial charge on any atom is 0.262 e. The summed E-state index contributed by atoms with van der Waals surface area (Å²) in [6, 6.07) is 4.63. The smallest absolute Gasteiger partial charge is 0.262 e. The van der Waals surface area contributed by atoms with Crippen LogP contribution in [0.15, 0.2) is 29.3 Å². The Kier molecular flexibility index (Phi) is 4.11. The molecule has 2 rings (SSSR count). The number of sulfonamides is 1. The Morgan fingerprint density at radius 1 is 1.19 bits per heavy atom. The molecule has 0 aliphatic heterocycles. The molecule has 0 aliphatic carbocycles. The Labute approximate surface area is 129 Å². The van der Waals surface area contributed by atoms with E-state index in [2.05, 4.69) is 9.71 Å². The number of hydrogen-bond donors (Lipinski definition) is 2. The van der Waals surface area contributed by atoms with Crippen molar-refractivity contribution in [1.82, 2.24) is 4.98 Å². The topological polar surface area (TPSA) is 85.1 Å². The molecule has 7 heteroatoms. The lowest BCUT2D eigenvalue weighted by atomic mass is 10.1. The van der Waals surface area contributed by atoms with Gasteiger partial charge in [-0.05, 0) is 55.7 Å². The zero-order valence-corrected chi connectivity index (χ0v) is 13.5. The van der Waals surface area contributed by atoms with Gasteiger partial charge >= 0.3 is 0 Å². The Balaban J connectivity index is 2.46. The van der Waals surface area contributed by atoms with Gasteiger partial charge < -0.3 is 5.73 Å². The van der Waals surface area contributed by atoms with Gasteiger partial charge in [0.1, 0.15) is 0 Å². The van der Waals surface area contributed by atoms with Crippen LogP contribution in [0.4, 0.5) is 11.4 Å². The zero-order valence-electron chi connectivity index (χ0n) is 11.9. The third-order valence-electron chi connectivity index (χ3n) is 3.21. The quantitative estimate of drug-likeness (QED) is 0.671. The largest absolute Gasteiger partial charge is 0.398 e. The van der Waals surface area contributed by atoms with E-state index >= 15 is 0 Å². The summed E-state index contributed by atoms with van der Waals surface area (Å²) in [5.41, 5.74) is 8.99. The molecule has 0 amide bonds. The van der Waals surface area contributed by atoms with Gasteiger partial charge in [0.25, 0.3) is 10.0 Å². The van der Waals surface area contributed by atoms with E-state index in [0.29, 0.717) is 5.69 Å². The third-order valence-corrected chi connectivity index (χ3v) is 4.86. The summed E-state index contributed by atoms with van der Waals surface area (Å²) >= 11 is 5.91. The molecule has 21 heavy (non-hydrogen) atoms. The van der Waals surface area contributed by atoms with Crippen molar-refractivity contribution in [2.75, 3.05) is 10.5 Å². The lowest BCUT2D eigenvalue weighted by Gasteiger charge is -2.12. The number of anilines is 2. The SMILES string of the molecule is Cc1cnc(Cl)c(NS(=O)(=O)c2cc(C)c(C)c(N)c2)c1. The second kappa shape index (κ2) is 5.54. The van der Waals surface area contributed by atoms with E-state index in [1.165, 1.54) is 6.07 Å². The molecule has 0 fully saturated rings. The highest BCUT2D eigenvalue weighted by Gasteiger charge is 2.18. The van der Waals surface area contributed by atoms with Crippen LogP contribution in [0, 0.1) is 20.8 Å². The van der Waals surface area contributed by atoms with Crippen molar-refractivity contribution in [2.24, 2.45) is 0 Å². The molecule has 5 nitrogen and oxygen atoms in total. The first kappa shape index (κ1) is 15.6. The normalized spacial score (nSPS) is 11.4. The number of rotatable bonds is 3. The van der Waals surface area contributed by atoms with Crippen molar-refractivity contribution in [1.29, 1.82) is 0 Å². The number of halogens is 1. The average molecular weight is 326 g/mol. The van der Waals surface area contributed by atoms with Crippen molar-refractivity contribution in [2.45, 2.75) is 25.7 Å². The van der Waals surface area contributed by atoms with Crippen LogP contribution >= 0.6 is 11.6 Å². The minimum absolute atomic E-state index is 0.0978. The first-order chi connectivity index (χ1) is 9.70. The average Bonchev–Trinajstić information content (AvgIpc) is 2.39. The number of nitrogens with zero attached hydrogens (tertiary/aromatic N) is 1. The molecule has 2 aromatic rings. The fourth-order valence-electron chi connectivity index (χ4n) is 1.84. The molecule has 0 saturated carbocycles. The number of aryl methyl sites for hydroxylation is 2. The molecule has 0 aliphatic rings. The Bertz CT molecular complexity index is 781. The van der Waals surface area contributed by atoms with E-state index < -0.39 is 10.0 Å². The number of nitrogens with two attached hydrogens (primary N) is 1. The van der Waals surface area contributed by atoms with E-state index in [-0.39, 0.29) is 15.7 Å². The summed E-state index contributed by atoms with van der Waals surface area (Å²) in [5.74, 6) is 0. The molecule has 0 saturated heterocycles. The molecular weight excluding hydrogens is 310 g/mol. The molecule has 0 unspecified atom stereocenters. The lowest BCUT2D eigenvalue weighted by Crippen LogP contribution is -2.14. The lowest BCUT2D eigenvalue weighted by molar-refractivity contribution is 0.601. The molecule has 1 aromatic carbocycles. The second-order valence-electron chi connectivity index (χ2n) is 4.91. The van der Waals surface area contributed by atoms with Gasteiger partial charge in [-0.3, -0.25) is 4.72 Å². The highest BCUT2D eigenvalue weighted by atomic mass is 35.5. The van der Waals surface area contributed by atoms with Gasteiger partial charge in [0, 0.05) is 11.9 Å². The maximum absolute atomic E-state index is 12.4. The van der Waals surface area contributed by atoms with E-state index in [1.54, 1.807) is 25.3 Å². The molecule has 0 radical (unpaired) electrons. The summed E-state index contributed by atoms with van der Waals surface area (Å²) in [4.78, 5) is 4.02. The summed E-state index contributed by atoms with van der Waals surface area (Å²) in [6.07, 6.45) is 1.56. The summed E-state index contributed by atoms with van der Waals surface area (Å²) in [5, 5.41) is 0.0981. The van der Waals surface area contributed by atoms with Gasteiger partial charge in [0.15, 0.2) is 5.15 Å². The molecule has 0 atom stereocenters. The molecule has 1 heterocycles. The van der Waals surface area contributed by atoms with Crippen LogP contribution < -0.4 is 10.5 Å². The van der Waals surface area contributed by atoms with E-state index in [0.717, 1.165) is 16.7 Å². The minimum Gasteiger partial charge on any atom is -0.398 e. The highest BCUT2D eigenvalue weighted by molar-refractivity contribution is 7.92. The number of benzene rings is 1. The molecule has 112 valence electrons. The first-order valence-electron chi connectivity index (χ1n) is 6.22.